The number of anilines is 1. The van der Waals surface area contributed by atoms with Gasteiger partial charge in [-0.3, -0.25) is 0 Å². The van der Waals surface area contributed by atoms with Crippen LogP contribution >= 0.6 is 0 Å². The molecule has 2 aliphatic rings. The second-order valence-corrected chi connectivity index (χ2v) is 9.61. The third-order valence-electron chi connectivity index (χ3n) is 7.20. The topological polar surface area (TPSA) is 73.9 Å². The molecule has 0 bridgehead atoms. The molecule has 3 aromatic heterocycles. The maximum absolute atomic E-state index is 15.1. The molecular formula is C27H30FN7O. The lowest BCUT2D eigenvalue weighted by molar-refractivity contribution is 0.396. The summed E-state index contributed by atoms with van der Waals surface area (Å²) in [6, 6.07) is 9.36. The van der Waals surface area contributed by atoms with Gasteiger partial charge in [-0.2, -0.15) is 0 Å². The average Bonchev–Trinajstić information content (AvgIpc) is 3.55. The maximum atomic E-state index is 15.1. The van der Waals surface area contributed by atoms with Crippen molar-refractivity contribution in [3.8, 4) is 23.1 Å². The molecule has 0 N–H and O–H groups in total. The highest BCUT2D eigenvalue weighted by atomic mass is 19.1. The van der Waals surface area contributed by atoms with E-state index in [0.29, 0.717) is 23.0 Å². The first-order valence-corrected chi connectivity index (χ1v) is 12.7. The summed E-state index contributed by atoms with van der Waals surface area (Å²) in [7, 11) is 1.60. The molecule has 5 heterocycles. The van der Waals surface area contributed by atoms with E-state index in [2.05, 4.69) is 9.88 Å². The Morgan fingerprint density at radius 3 is 2.64 bits per heavy atom. The highest BCUT2D eigenvalue weighted by Crippen LogP contribution is 2.37. The molecule has 0 radical (unpaired) electrons. The molecule has 6 rings (SSSR count). The summed E-state index contributed by atoms with van der Waals surface area (Å²) in [4.78, 5) is 16.2. The Balaban J connectivity index is 1.34. The number of hydrogen-bond donors (Lipinski definition) is 0. The lowest BCUT2D eigenvalue weighted by Gasteiger charge is -2.30. The van der Waals surface area contributed by atoms with E-state index in [9.17, 15) is 0 Å². The fraction of sp³-hybridized carbons (Fsp3) is 0.407. The van der Waals surface area contributed by atoms with Crippen LogP contribution in [0.25, 0.3) is 17.2 Å². The van der Waals surface area contributed by atoms with Gasteiger partial charge in [0.05, 0.1) is 19.1 Å². The van der Waals surface area contributed by atoms with Gasteiger partial charge >= 0.3 is 0 Å². The summed E-state index contributed by atoms with van der Waals surface area (Å²) in [6.07, 6.45) is 9.05. The average molecular weight is 488 g/mol. The minimum Gasteiger partial charge on any atom is -0.479 e. The number of methoxy groups -OCH3 is 1. The minimum atomic E-state index is -0.182. The minimum absolute atomic E-state index is 0.139. The molecule has 1 fully saturated rings. The van der Waals surface area contributed by atoms with Crippen LogP contribution in [0.2, 0.25) is 0 Å². The molecule has 0 aliphatic carbocycles. The van der Waals surface area contributed by atoms with Crippen LogP contribution in [0.1, 0.15) is 55.1 Å². The molecule has 4 aromatic rings. The van der Waals surface area contributed by atoms with Gasteiger partial charge in [0.1, 0.15) is 23.0 Å². The van der Waals surface area contributed by atoms with Crippen molar-refractivity contribution in [1.29, 1.82) is 0 Å². The summed E-state index contributed by atoms with van der Waals surface area (Å²) in [6.45, 7) is 4.75. The number of benzene rings is 1. The summed E-state index contributed by atoms with van der Waals surface area (Å²) >= 11 is 0. The highest BCUT2D eigenvalue weighted by molar-refractivity contribution is 5.56. The third-order valence-corrected chi connectivity index (χ3v) is 7.20. The van der Waals surface area contributed by atoms with E-state index in [1.807, 2.05) is 46.6 Å². The Labute approximate surface area is 209 Å². The standard InChI is InChI=1S/C27H30FN7O/c1-18-16-34(17-29-18)24-11-10-23(30-27(24)36-2)25-31-26-20(7-6-14-35(26)32-25)21-15-19(8-9-22(21)28)33-12-4-3-5-13-33/h8-11,15-17,20H,3-7,12-14H2,1-2H3/t20-/m1/s1. The van der Waals surface area contributed by atoms with Crippen molar-refractivity contribution in [1.82, 2.24) is 29.3 Å². The van der Waals surface area contributed by atoms with Gasteiger partial charge in [-0.15, -0.1) is 5.10 Å². The van der Waals surface area contributed by atoms with Crippen molar-refractivity contribution in [2.45, 2.75) is 51.5 Å². The fourth-order valence-electron chi connectivity index (χ4n) is 5.36. The molecule has 8 nitrogen and oxygen atoms in total. The van der Waals surface area contributed by atoms with Gasteiger partial charge in [0, 0.05) is 43.0 Å². The second kappa shape index (κ2) is 9.37. The Bertz CT molecular complexity index is 1390. The summed E-state index contributed by atoms with van der Waals surface area (Å²) in [5.41, 5.74) is 4.12. The van der Waals surface area contributed by atoms with E-state index in [1.54, 1.807) is 19.5 Å². The number of ether oxygens (including phenoxy) is 1. The van der Waals surface area contributed by atoms with E-state index >= 15 is 4.39 Å². The molecular weight excluding hydrogens is 457 g/mol. The van der Waals surface area contributed by atoms with Crippen LogP contribution in [0.5, 0.6) is 5.88 Å². The molecule has 2 aliphatic heterocycles. The van der Waals surface area contributed by atoms with Crippen molar-refractivity contribution >= 4 is 5.69 Å². The van der Waals surface area contributed by atoms with Crippen molar-refractivity contribution in [2.75, 3.05) is 25.1 Å². The Morgan fingerprint density at radius 1 is 1.00 bits per heavy atom. The lowest BCUT2D eigenvalue weighted by Crippen LogP contribution is -2.29. The highest BCUT2D eigenvalue weighted by Gasteiger charge is 2.29. The molecule has 186 valence electrons. The van der Waals surface area contributed by atoms with E-state index in [-0.39, 0.29) is 11.7 Å². The Hall–Kier alpha value is -3.75. The largest absolute Gasteiger partial charge is 0.479 e. The molecule has 1 atom stereocenters. The molecule has 36 heavy (non-hydrogen) atoms. The van der Waals surface area contributed by atoms with Crippen molar-refractivity contribution in [2.24, 2.45) is 0 Å². The van der Waals surface area contributed by atoms with Gasteiger partial charge in [0.2, 0.25) is 5.88 Å². The molecule has 0 spiro atoms. The normalized spacial score (nSPS) is 17.8. The van der Waals surface area contributed by atoms with Crippen LogP contribution in [0, 0.1) is 12.7 Å². The second-order valence-electron chi connectivity index (χ2n) is 9.61. The number of halogens is 1. The zero-order valence-electron chi connectivity index (χ0n) is 20.7. The van der Waals surface area contributed by atoms with E-state index in [0.717, 1.165) is 55.4 Å². The first kappa shape index (κ1) is 22.7. The molecule has 0 amide bonds. The van der Waals surface area contributed by atoms with Gasteiger partial charge in [0.15, 0.2) is 5.82 Å². The molecule has 9 heteroatoms. The van der Waals surface area contributed by atoms with Gasteiger partial charge in [-0.05, 0) is 69.4 Å². The van der Waals surface area contributed by atoms with Crippen LogP contribution in [0.15, 0.2) is 42.9 Å². The molecule has 1 saturated heterocycles. The number of piperidine rings is 1. The summed E-state index contributed by atoms with van der Waals surface area (Å²) in [5.74, 6) is 1.46. The predicted molar refractivity (Wildman–Crippen MR) is 135 cm³/mol. The van der Waals surface area contributed by atoms with Gasteiger partial charge < -0.3 is 14.2 Å². The van der Waals surface area contributed by atoms with Gasteiger partial charge in [0.25, 0.3) is 0 Å². The first-order chi connectivity index (χ1) is 17.6. The van der Waals surface area contributed by atoms with Gasteiger partial charge in [-0.1, -0.05) is 0 Å². The van der Waals surface area contributed by atoms with Crippen LogP contribution < -0.4 is 9.64 Å². The van der Waals surface area contributed by atoms with Crippen molar-refractivity contribution in [3.05, 3.63) is 65.8 Å². The van der Waals surface area contributed by atoms with Gasteiger partial charge in [-0.25, -0.2) is 24.0 Å². The number of aromatic nitrogens is 6. The quantitative estimate of drug-likeness (QED) is 0.399. The predicted octanol–water partition coefficient (Wildman–Crippen LogP) is 4.90. The van der Waals surface area contributed by atoms with E-state index in [4.69, 9.17) is 19.8 Å². The van der Waals surface area contributed by atoms with Crippen LogP contribution in [-0.4, -0.2) is 49.5 Å². The first-order valence-electron chi connectivity index (χ1n) is 12.7. The van der Waals surface area contributed by atoms with Crippen LogP contribution in [0.3, 0.4) is 0 Å². The zero-order chi connectivity index (χ0) is 24.6. The number of fused-ring (bicyclic) bond motifs is 1. The number of rotatable bonds is 5. The van der Waals surface area contributed by atoms with E-state index in [1.165, 1.54) is 19.3 Å². The summed E-state index contributed by atoms with van der Waals surface area (Å²) in [5, 5.41) is 4.76. The Morgan fingerprint density at radius 2 is 1.86 bits per heavy atom. The lowest BCUT2D eigenvalue weighted by atomic mass is 9.90. The number of hydrogen-bond acceptors (Lipinski definition) is 6. The van der Waals surface area contributed by atoms with Crippen molar-refractivity contribution < 1.29 is 9.13 Å². The molecule has 0 saturated carbocycles. The summed E-state index contributed by atoms with van der Waals surface area (Å²) < 4.78 is 24.5. The molecule has 1 aromatic carbocycles. The number of imidazole rings is 1. The fourth-order valence-corrected chi connectivity index (χ4v) is 5.36. The Kier molecular flexibility index (Phi) is 5.91. The number of aryl methyl sites for hydroxylation is 2. The monoisotopic (exact) mass is 487 g/mol. The zero-order valence-corrected chi connectivity index (χ0v) is 20.7. The van der Waals surface area contributed by atoms with Crippen LogP contribution in [-0.2, 0) is 6.54 Å². The SMILES string of the molecule is COc1nc(-c2nc3n(n2)CCC[C@@H]3c2cc(N3CCCCC3)ccc2F)ccc1-n1cnc(C)c1. The van der Waals surface area contributed by atoms with Crippen molar-refractivity contribution in [3.63, 3.8) is 0 Å². The number of nitrogens with zero attached hydrogens (tertiary/aromatic N) is 7. The smallest absolute Gasteiger partial charge is 0.238 e. The molecule has 0 unspecified atom stereocenters. The number of pyridine rings is 1. The third kappa shape index (κ3) is 4.12. The maximum Gasteiger partial charge on any atom is 0.238 e. The van der Waals surface area contributed by atoms with Crippen LogP contribution in [0.4, 0.5) is 10.1 Å². The van der Waals surface area contributed by atoms with E-state index < -0.39 is 0 Å².